The van der Waals surface area contributed by atoms with E-state index in [9.17, 15) is 19.2 Å². The number of hydrogen-bond donors (Lipinski definition) is 0. The van der Waals surface area contributed by atoms with Crippen LogP contribution in [0.2, 0.25) is 0 Å². The van der Waals surface area contributed by atoms with E-state index in [2.05, 4.69) is 0 Å². The van der Waals surface area contributed by atoms with Gasteiger partial charge in [0.15, 0.2) is 0 Å². The van der Waals surface area contributed by atoms with Gasteiger partial charge in [0, 0.05) is 36.0 Å². The van der Waals surface area contributed by atoms with Crippen molar-refractivity contribution in [1.82, 2.24) is 4.90 Å². The molecular weight excluding hydrogens is 426 g/mol. The molecular formula is C21H25NO6S2. The molecule has 0 unspecified atom stereocenters. The van der Waals surface area contributed by atoms with Crippen molar-refractivity contribution in [3.05, 3.63) is 33.7 Å². The van der Waals surface area contributed by atoms with Gasteiger partial charge in [-0.3, -0.25) is 19.3 Å². The summed E-state index contributed by atoms with van der Waals surface area (Å²) in [5.74, 6) is -1.39. The molecule has 3 heterocycles. The van der Waals surface area contributed by atoms with Crippen LogP contribution >= 0.6 is 23.1 Å². The minimum Gasteiger partial charge on any atom is -0.461 e. The summed E-state index contributed by atoms with van der Waals surface area (Å²) in [5, 5.41) is 1.62. The van der Waals surface area contributed by atoms with Gasteiger partial charge >= 0.3 is 11.9 Å². The number of esters is 2. The van der Waals surface area contributed by atoms with Crippen LogP contribution in [0.5, 0.6) is 0 Å². The monoisotopic (exact) mass is 451 g/mol. The fourth-order valence-electron chi connectivity index (χ4n) is 3.36. The van der Waals surface area contributed by atoms with Crippen LogP contribution in [-0.2, 0) is 35.1 Å². The average molecular weight is 452 g/mol. The van der Waals surface area contributed by atoms with Gasteiger partial charge in [-0.2, -0.15) is 0 Å². The van der Waals surface area contributed by atoms with E-state index in [0.717, 1.165) is 4.88 Å². The molecule has 1 amide bonds. The molecule has 7 nitrogen and oxygen atoms in total. The molecule has 30 heavy (non-hydrogen) atoms. The van der Waals surface area contributed by atoms with Crippen molar-refractivity contribution in [2.45, 2.75) is 51.5 Å². The topological polar surface area (TPSA) is 90.0 Å². The van der Waals surface area contributed by atoms with Gasteiger partial charge in [0.05, 0.1) is 11.3 Å². The first kappa shape index (κ1) is 22.6. The number of fused-ring (bicyclic) bond motifs is 1. The maximum absolute atomic E-state index is 12.9. The molecule has 0 aliphatic carbocycles. The van der Waals surface area contributed by atoms with Gasteiger partial charge in [-0.1, -0.05) is 6.07 Å². The summed E-state index contributed by atoms with van der Waals surface area (Å²) in [4.78, 5) is 51.8. The van der Waals surface area contributed by atoms with Crippen LogP contribution < -0.4 is 0 Å². The molecule has 1 aromatic rings. The number of ether oxygens (including phenoxy) is 2. The van der Waals surface area contributed by atoms with Gasteiger partial charge in [0.1, 0.15) is 23.7 Å². The molecule has 1 saturated heterocycles. The maximum atomic E-state index is 12.9. The van der Waals surface area contributed by atoms with E-state index in [1.165, 1.54) is 34.9 Å². The van der Waals surface area contributed by atoms with Crippen LogP contribution in [0.3, 0.4) is 0 Å². The van der Waals surface area contributed by atoms with Crippen LogP contribution in [0.1, 0.15) is 39.0 Å². The quantitative estimate of drug-likeness (QED) is 0.465. The normalized spacial score (nSPS) is 21.1. The minimum absolute atomic E-state index is 0.00422. The second-order valence-electron chi connectivity index (χ2n) is 8.25. The third-order valence-electron chi connectivity index (χ3n) is 4.60. The lowest BCUT2D eigenvalue weighted by Gasteiger charge is -2.50. The number of thioether (sulfide) groups is 1. The number of rotatable bonds is 7. The number of β-lactam (4-membered cyclic amide) rings is 1. The molecule has 3 rings (SSSR count). The van der Waals surface area contributed by atoms with E-state index in [1.807, 2.05) is 17.5 Å². The Hall–Kier alpha value is -2.13. The van der Waals surface area contributed by atoms with Crippen molar-refractivity contribution in [1.29, 1.82) is 0 Å². The molecule has 9 heteroatoms. The molecule has 1 aromatic heterocycles. The van der Waals surface area contributed by atoms with Crippen molar-refractivity contribution in [3.63, 3.8) is 0 Å². The largest absolute Gasteiger partial charge is 0.461 e. The van der Waals surface area contributed by atoms with E-state index < -0.39 is 23.5 Å². The van der Waals surface area contributed by atoms with Crippen LogP contribution in [-0.4, -0.2) is 51.9 Å². The van der Waals surface area contributed by atoms with Gasteiger partial charge in [0.2, 0.25) is 5.91 Å². The number of carbonyl (C=O) groups is 4. The van der Waals surface area contributed by atoms with Crippen molar-refractivity contribution >= 4 is 46.7 Å². The minimum atomic E-state index is -0.735. The Labute approximate surface area is 183 Å². The molecule has 2 atom stereocenters. The number of Topliss-reactive ketones (excluding diaryl/α,β-unsaturated/α-hetero) is 1. The van der Waals surface area contributed by atoms with E-state index in [1.54, 1.807) is 20.8 Å². The number of amides is 1. The first-order chi connectivity index (χ1) is 14.1. The van der Waals surface area contributed by atoms with Crippen molar-refractivity contribution < 1.29 is 28.7 Å². The second-order valence-corrected chi connectivity index (χ2v) is 10.4. The summed E-state index contributed by atoms with van der Waals surface area (Å²) in [6, 6.07) is 3.79. The SMILES string of the molecule is CC(=O)OCC1=C(C(=O)OC(C)(C)C)N2C(=O)[C@@H](CC(=O)Cc3cccs3)[C@H]2SC1. The summed E-state index contributed by atoms with van der Waals surface area (Å²) in [6.07, 6.45) is 0.455. The number of thiophene rings is 1. The molecule has 0 saturated carbocycles. The van der Waals surface area contributed by atoms with E-state index >= 15 is 0 Å². The highest BCUT2D eigenvalue weighted by atomic mass is 32.2. The highest BCUT2D eigenvalue weighted by Crippen LogP contribution is 2.45. The molecule has 2 aliphatic heterocycles. The zero-order valence-corrected chi connectivity index (χ0v) is 19.1. The Bertz CT molecular complexity index is 884. The molecule has 0 radical (unpaired) electrons. The number of nitrogens with zero attached hydrogens (tertiary/aromatic N) is 1. The fraction of sp³-hybridized carbons (Fsp3) is 0.524. The van der Waals surface area contributed by atoms with Crippen LogP contribution in [0.15, 0.2) is 28.8 Å². The first-order valence-corrected chi connectivity index (χ1v) is 11.6. The molecule has 1 fully saturated rings. The first-order valence-electron chi connectivity index (χ1n) is 9.64. The van der Waals surface area contributed by atoms with Crippen LogP contribution in [0.25, 0.3) is 0 Å². The Morgan fingerprint density at radius 3 is 2.60 bits per heavy atom. The van der Waals surface area contributed by atoms with Crippen molar-refractivity contribution in [3.8, 4) is 0 Å². The molecule has 2 aliphatic rings. The smallest absolute Gasteiger partial charge is 0.355 e. The Balaban J connectivity index is 1.76. The Kier molecular flexibility index (Phi) is 6.71. The summed E-state index contributed by atoms with van der Waals surface area (Å²) < 4.78 is 10.6. The molecule has 162 valence electrons. The number of hydrogen-bond acceptors (Lipinski definition) is 8. The molecule has 0 bridgehead atoms. The molecule has 0 spiro atoms. The fourth-order valence-corrected chi connectivity index (χ4v) is 5.49. The number of ketones is 1. The van der Waals surface area contributed by atoms with E-state index in [0.29, 0.717) is 17.7 Å². The number of carbonyl (C=O) groups excluding carboxylic acids is 4. The summed E-state index contributed by atoms with van der Waals surface area (Å²) in [5.41, 5.74) is -0.0555. The van der Waals surface area contributed by atoms with Gasteiger partial charge in [-0.25, -0.2) is 4.79 Å². The maximum Gasteiger partial charge on any atom is 0.355 e. The van der Waals surface area contributed by atoms with Crippen molar-refractivity contribution in [2.75, 3.05) is 12.4 Å². The van der Waals surface area contributed by atoms with Gasteiger partial charge < -0.3 is 9.47 Å². The predicted molar refractivity (Wildman–Crippen MR) is 114 cm³/mol. The van der Waals surface area contributed by atoms with Crippen LogP contribution in [0.4, 0.5) is 0 Å². The van der Waals surface area contributed by atoms with Gasteiger partial charge in [-0.15, -0.1) is 23.1 Å². The van der Waals surface area contributed by atoms with Crippen LogP contribution in [0, 0.1) is 5.92 Å². The zero-order chi connectivity index (χ0) is 22.1. The lowest BCUT2D eigenvalue weighted by molar-refractivity contribution is -0.161. The lowest BCUT2D eigenvalue weighted by atomic mass is 9.89. The highest BCUT2D eigenvalue weighted by molar-refractivity contribution is 8.00. The average Bonchev–Trinajstić information content (AvgIpc) is 3.14. The third-order valence-corrected chi connectivity index (χ3v) is 6.87. The molecule has 0 aromatic carbocycles. The lowest BCUT2D eigenvalue weighted by Crippen LogP contribution is -2.62. The standard InChI is InChI=1S/C21H25NO6S2/c1-12(23)27-10-13-11-30-19-16(9-14(24)8-15-6-5-7-29-15)18(25)22(19)17(13)20(26)28-21(2,3)4/h5-7,16,19H,8-11H2,1-4H3/t16-,19-/m1/s1. The Morgan fingerprint density at radius 2 is 2.00 bits per heavy atom. The molecule has 0 N–H and O–H groups in total. The van der Waals surface area contributed by atoms with E-state index in [4.69, 9.17) is 9.47 Å². The summed E-state index contributed by atoms with van der Waals surface area (Å²) >= 11 is 2.99. The van der Waals surface area contributed by atoms with Crippen molar-refractivity contribution in [2.24, 2.45) is 5.92 Å². The third kappa shape index (κ3) is 5.13. The zero-order valence-electron chi connectivity index (χ0n) is 17.4. The summed E-state index contributed by atoms with van der Waals surface area (Å²) in [7, 11) is 0. The second kappa shape index (κ2) is 8.93. The van der Waals surface area contributed by atoms with Gasteiger partial charge in [0.25, 0.3) is 0 Å². The Morgan fingerprint density at radius 1 is 1.27 bits per heavy atom. The predicted octanol–water partition coefficient (Wildman–Crippen LogP) is 2.94. The highest BCUT2D eigenvalue weighted by Gasteiger charge is 2.54. The van der Waals surface area contributed by atoms with E-state index in [-0.39, 0.29) is 35.8 Å². The van der Waals surface area contributed by atoms with Gasteiger partial charge in [-0.05, 0) is 32.2 Å². The summed E-state index contributed by atoms with van der Waals surface area (Å²) in [6.45, 7) is 6.45.